The van der Waals surface area contributed by atoms with Gasteiger partial charge < -0.3 is 10.1 Å². The number of aromatic amines is 1. The molecule has 1 aromatic rings. The van der Waals surface area contributed by atoms with E-state index in [0.29, 0.717) is 18.2 Å². The highest BCUT2D eigenvalue weighted by atomic mass is 16.3. The Morgan fingerprint density at radius 2 is 2.50 bits per heavy atom. The van der Waals surface area contributed by atoms with Crippen LogP contribution in [0.1, 0.15) is 23.3 Å². The molecule has 0 spiro atoms. The fourth-order valence-corrected chi connectivity index (χ4v) is 2.24. The molecule has 0 unspecified atom stereocenters. The summed E-state index contributed by atoms with van der Waals surface area (Å²) in [6, 6.07) is 3.63. The van der Waals surface area contributed by atoms with Gasteiger partial charge in [-0.3, -0.25) is 9.69 Å². The number of ketones is 1. The predicted octanol–water partition coefficient (Wildman–Crippen LogP) is 0.902. The van der Waals surface area contributed by atoms with Crippen LogP contribution in [0.3, 0.4) is 0 Å². The molecule has 1 atom stereocenters. The molecule has 0 aliphatic carbocycles. The minimum Gasteiger partial charge on any atom is -0.396 e. The van der Waals surface area contributed by atoms with Crippen LogP contribution in [-0.4, -0.2) is 47.0 Å². The minimum absolute atomic E-state index is 0.128. The SMILES string of the molecule is O=C(CN1CCC[C@@H](CO)C1)c1ccc[nH]1. The van der Waals surface area contributed by atoms with Crippen molar-refractivity contribution in [3.63, 3.8) is 0 Å². The Morgan fingerprint density at radius 3 is 3.19 bits per heavy atom. The summed E-state index contributed by atoms with van der Waals surface area (Å²) in [5.74, 6) is 0.466. The first kappa shape index (κ1) is 11.4. The summed E-state index contributed by atoms with van der Waals surface area (Å²) in [5, 5.41) is 9.11. The number of carbonyl (C=O) groups excluding carboxylic acids is 1. The lowest BCUT2D eigenvalue weighted by Crippen LogP contribution is -2.39. The molecule has 0 radical (unpaired) electrons. The summed E-state index contributed by atoms with van der Waals surface area (Å²) < 4.78 is 0. The normalized spacial score (nSPS) is 22.2. The molecule has 0 aromatic carbocycles. The van der Waals surface area contributed by atoms with Crippen LogP contribution >= 0.6 is 0 Å². The van der Waals surface area contributed by atoms with E-state index in [-0.39, 0.29) is 12.4 Å². The van der Waals surface area contributed by atoms with Crippen molar-refractivity contribution >= 4 is 5.78 Å². The highest BCUT2D eigenvalue weighted by Crippen LogP contribution is 2.15. The topological polar surface area (TPSA) is 56.3 Å². The number of likely N-dealkylation sites (tertiary alicyclic amines) is 1. The fraction of sp³-hybridized carbons (Fsp3) is 0.583. The second-order valence-electron chi connectivity index (χ2n) is 4.43. The first-order chi connectivity index (χ1) is 7.79. The first-order valence-electron chi connectivity index (χ1n) is 5.79. The Kier molecular flexibility index (Phi) is 3.74. The van der Waals surface area contributed by atoms with E-state index in [1.54, 1.807) is 12.3 Å². The molecule has 4 nitrogen and oxygen atoms in total. The number of Topliss-reactive ketones (excluding diaryl/α,β-unsaturated/α-hetero) is 1. The Balaban J connectivity index is 1.87. The van der Waals surface area contributed by atoms with Crippen molar-refractivity contribution in [2.75, 3.05) is 26.2 Å². The van der Waals surface area contributed by atoms with Crippen LogP contribution in [0.2, 0.25) is 0 Å². The number of aliphatic hydroxyl groups is 1. The quantitative estimate of drug-likeness (QED) is 0.744. The Hall–Kier alpha value is -1.13. The van der Waals surface area contributed by atoms with E-state index in [9.17, 15) is 4.79 Å². The van der Waals surface area contributed by atoms with E-state index in [2.05, 4.69) is 9.88 Å². The largest absolute Gasteiger partial charge is 0.396 e. The van der Waals surface area contributed by atoms with Crippen LogP contribution < -0.4 is 0 Å². The summed E-state index contributed by atoms with van der Waals surface area (Å²) in [4.78, 5) is 16.9. The van der Waals surface area contributed by atoms with Crippen LogP contribution in [0, 0.1) is 5.92 Å². The molecule has 1 fully saturated rings. The molecule has 0 amide bonds. The van der Waals surface area contributed by atoms with Gasteiger partial charge in [0.05, 0.1) is 12.2 Å². The zero-order valence-electron chi connectivity index (χ0n) is 9.35. The van der Waals surface area contributed by atoms with Gasteiger partial charge in [0.2, 0.25) is 0 Å². The molecular weight excluding hydrogens is 204 g/mol. The Labute approximate surface area is 95.3 Å². The number of piperidine rings is 1. The molecule has 0 saturated carbocycles. The lowest BCUT2D eigenvalue weighted by atomic mass is 9.99. The average molecular weight is 222 g/mol. The highest BCUT2D eigenvalue weighted by Gasteiger charge is 2.21. The predicted molar refractivity (Wildman–Crippen MR) is 61.4 cm³/mol. The number of rotatable bonds is 4. The summed E-state index contributed by atoms with van der Waals surface area (Å²) in [5.41, 5.74) is 0.672. The number of aliphatic hydroxyl groups excluding tert-OH is 1. The smallest absolute Gasteiger partial charge is 0.192 e. The third-order valence-electron chi connectivity index (χ3n) is 3.13. The molecule has 2 rings (SSSR count). The lowest BCUT2D eigenvalue weighted by molar-refractivity contribution is 0.0829. The first-order valence-corrected chi connectivity index (χ1v) is 5.79. The van der Waals surface area contributed by atoms with Crippen LogP contribution in [0.15, 0.2) is 18.3 Å². The summed E-state index contributed by atoms with van der Waals surface area (Å²) in [7, 11) is 0. The average Bonchev–Trinajstić information content (AvgIpc) is 2.83. The monoisotopic (exact) mass is 222 g/mol. The van der Waals surface area contributed by atoms with Gasteiger partial charge in [-0.1, -0.05) is 0 Å². The number of aromatic nitrogens is 1. The maximum Gasteiger partial charge on any atom is 0.192 e. The summed E-state index contributed by atoms with van der Waals surface area (Å²) >= 11 is 0. The van der Waals surface area contributed by atoms with Crippen molar-refractivity contribution in [2.24, 2.45) is 5.92 Å². The van der Waals surface area contributed by atoms with Crippen LogP contribution in [-0.2, 0) is 0 Å². The van der Waals surface area contributed by atoms with E-state index in [1.165, 1.54) is 0 Å². The van der Waals surface area contributed by atoms with Crippen LogP contribution in [0.4, 0.5) is 0 Å². The number of hydrogen-bond donors (Lipinski definition) is 2. The minimum atomic E-state index is 0.128. The van der Waals surface area contributed by atoms with Gasteiger partial charge in [-0.05, 0) is 37.4 Å². The molecule has 1 saturated heterocycles. The standard InChI is InChI=1S/C12H18N2O2/c15-9-10-3-2-6-14(7-10)8-12(16)11-4-1-5-13-11/h1,4-5,10,13,15H,2-3,6-9H2/t10-/m1/s1. The van der Waals surface area contributed by atoms with Gasteiger partial charge in [0.1, 0.15) is 0 Å². The van der Waals surface area contributed by atoms with E-state index in [1.807, 2.05) is 6.07 Å². The Bertz CT molecular complexity index is 335. The molecule has 0 bridgehead atoms. The van der Waals surface area contributed by atoms with E-state index < -0.39 is 0 Å². The van der Waals surface area contributed by atoms with Crippen molar-refractivity contribution in [3.8, 4) is 0 Å². The Morgan fingerprint density at radius 1 is 1.62 bits per heavy atom. The maximum atomic E-state index is 11.8. The number of nitrogens with zero attached hydrogens (tertiary/aromatic N) is 1. The molecule has 2 N–H and O–H groups in total. The lowest BCUT2D eigenvalue weighted by Gasteiger charge is -2.30. The van der Waals surface area contributed by atoms with Gasteiger partial charge in [-0.25, -0.2) is 0 Å². The number of carbonyl (C=O) groups is 1. The molecule has 2 heterocycles. The zero-order valence-corrected chi connectivity index (χ0v) is 9.35. The summed E-state index contributed by atoms with van der Waals surface area (Å²) in [6.07, 6.45) is 3.91. The molecular formula is C12H18N2O2. The van der Waals surface area contributed by atoms with Crippen molar-refractivity contribution in [3.05, 3.63) is 24.0 Å². The van der Waals surface area contributed by atoms with Crippen LogP contribution in [0.25, 0.3) is 0 Å². The van der Waals surface area contributed by atoms with E-state index in [4.69, 9.17) is 5.11 Å². The number of H-pyrrole nitrogens is 1. The molecule has 1 aliphatic heterocycles. The van der Waals surface area contributed by atoms with Gasteiger partial charge in [0, 0.05) is 19.3 Å². The van der Waals surface area contributed by atoms with Gasteiger partial charge >= 0.3 is 0 Å². The number of hydrogen-bond acceptors (Lipinski definition) is 3. The van der Waals surface area contributed by atoms with E-state index >= 15 is 0 Å². The maximum absolute atomic E-state index is 11.8. The van der Waals surface area contributed by atoms with Gasteiger partial charge in [0.25, 0.3) is 0 Å². The molecule has 4 heteroatoms. The second-order valence-corrected chi connectivity index (χ2v) is 4.43. The second kappa shape index (κ2) is 5.27. The van der Waals surface area contributed by atoms with E-state index in [0.717, 1.165) is 25.9 Å². The van der Waals surface area contributed by atoms with Crippen molar-refractivity contribution in [2.45, 2.75) is 12.8 Å². The molecule has 16 heavy (non-hydrogen) atoms. The highest BCUT2D eigenvalue weighted by molar-refractivity contribution is 5.95. The number of nitrogens with one attached hydrogen (secondary N) is 1. The molecule has 88 valence electrons. The van der Waals surface area contributed by atoms with Crippen molar-refractivity contribution < 1.29 is 9.90 Å². The van der Waals surface area contributed by atoms with Gasteiger partial charge in [-0.15, -0.1) is 0 Å². The molecule has 1 aliphatic rings. The van der Waals surface area contributed by atoms with Gasteiger partial charge in [-0.2, -0.15) is 0 Å². The van der Waals surface area contributed by atoms with Crippen molar-refractivity contribution in [1.82, 2.24) is 9.88 Å². The van der Waals surface area contributed by atoms with Crippen molar-refractivity contribution in [1.29, 1.82) is 0 Å². The van der Waals surface area contributed by atoms with Gasteiger partial charge in [0.15, 0.2) is 5.78 Å². The zero-order chi connectivity index (χ0) is 11.4. The third kappa shape index (κ3) is 2.71. The molecule has 1 aromatic heterocycles. The van der Waals surface area contributed by atoms with Crippen LogP contribution in [0.5, 0.6) is 0 Å². The fourth-order valence-electron chi connectivity index (χ4n) is 2.24. The third-order valence-corrected chi connectivity index (χ3v) is 3.13. The summed E-state index contributed by atoms with van der Waals surface area (Å²) in [6.45, 7) is 2.48.